The molecule has 51 heavy (non-hydrogen) atoms. The highest BCUT2D eigenvalue weighted by Crippen LogP contribution is 2.53. The molecule has 1 heteroatoms. The third kappa shape index (κ3) is 5.03. The maximum absolute atomic E-state index is 2.50. The van der Waals surface area contributed by atoms with Crippen LogP contribution in [0.25, 0.3) is 22.3 Å². The van der Waals surface area contributed by atoms with E-state index in [-0.39, 0.29) is 16.2 Å². The highest BCUT2D eigenvalue weighted by Gasteiger charge is 2.38. The first kappa shape index (κ1) is 32.1. The van der Waals surface area contributed by atoms with Gasteiger partial charge in [-0.2, -0.15) is 0 Å². The summed E-state index contributed by atoms with van der Waals surface area (Å²) in [4.78, 5) is 2.50. The molecule has 0 radical (unpaired) electrons. The largest absolute Gasteiger partial charge is 0.310 e. The summed E-state index contributed by atoms with van der Waals surface area (Å²) < 4.78 is 0. The van der Waals surface area contributed by atoms with Gasteiger partial charge in [-0.3, -0.25) is 0 Å². The topological polar surface area (TPSA) is 3.24 Å². The molecule has 0 saturated heterocycles. The van der Waals surface area contributed by atoms with Gasteiger partial charge in [0.05, 0.1) is 0 Å². The Morgan fingerprint density at radius 3 is 1.53 bits per heavy atom. The standard InChI is InChI=1S/C50H49N/c1-48(2)45-22-14-12-20-41(45)43-33-38(28-30-46(43)48)51(39-27-29-42-40-19-11-13-21-44(40)49(3,4)47(42)34-39)37-25-23-36(24-26-37)50(35-17-9-8-10-18-35)31-15-6-5-7-16-32-50/h8-14,17-30,33-34H,5-7,15-16,31-32H2,1-4H3. The summed E-state index contributed by atoms with van der Waals surface area (Å²) in [5, 5.41) is 0. The molecule has 0 N–H and O–H groups in total. The van der Waals surface area contributed by atoms with Gasteiger partial charge in [-0.05, 0) is 105 Å². The third-order valence-electron chi connectivity index (χ3n) is 12.9. The van der Waals surface area contributed by atoms with Crippen molar-refractivity contribution in [3.8, 4) is 22.3 Å². The lowest BCUT2D eigenvalue weighted by atomic mass is 9.67. The Hall–Kier alpha value is -4.88. The summed E-state index contributed by atoms with van der Waals surface area (Å²) in [5.41, 5.74) is 17.5. The molecule has 3 aliphatic rings. The van der Waals surface area contributed by atoms with Crippen molar-refractivity contribution in [2.24, 2.45) is 0 Å². The zero-order chi connectivity index (χ0) is 34.8. The number of hydrogen-bond acceptors (Lipinski definition) is 1. The van der Waals surface area contributed by atoms with Crippen molar-refractivity contribution in [1.29, 1.82) is 0 Å². The minimum absolute atomic E-state index is 0.0242. The first-order valence-electron chi connectivity index (χ1n) is 19.2. The maximum Gasteiger partial charge on any atom is 0.0468 e. The summed E-state index contributed by atoms with van der Waals surface area (Å²) in [6.45, 7) is 9.50. The Kier molecular flexibility index (Phi) is 7.62. The van der Waals surface area contributed by atoms with Gasteiger partial charge in [-0.25, -0.2) is 0 Å². The van der Waals surface area contributed by atoms with Gasteiger partial charge in [0, 0.05) is 33.3 Å². The number of benzene rings is 6. The van der Waals surface area contributed by atoms with Crippen LogP contribution in [0.1, 0.15) is 106 Å². The molecule has 0 unspecified atom stereocenters. The van der Waals surface area contributed by atoms with Gasteiger partial charge in [0.1, 0.15) is 0 Å². The van der Waals surface area contributed by atoms with Gasteiger partial charge in [0.25, 0.3) is 0 Å². The van der Waals surface area contributed by atoms with E-state index in [4.69, 9.17) is 0 Å². The summed E-state index contributed by atoms with van der Waals surface area (Å²) in [6, 6.07) is 53.4. The summed E-state index contributed by atoms with van der Waals surface area (Å²) in [5.74, 6) is 0. The first-order chi connectivity index (χ1) is 24.8. The maximum atomic E-state index is 2.50. The van der Waals surface area contributed by atoms with E-state index >= 15 is 0 Å². The minimum atomic E-state index is -0.0708. The van der Waals surface area contributed by atoms with Crippen LogP contribution >= 0.6 is 0 Å². The lowest BCUT2D eigenvalue weighted by Gasteiger charge is -2.37. The Bertz CT molecular complexity index is 2230. The molecule has 3 aliphatic carbocycles. The van der Waals surface area contributed by atoms with Gasteiger partial charge < -0.3 is 4.90 Å². The van der Waals surface area contributed by atoms with Crippen LogP contribution < -0.4 is 4.90 Å². The van der Waals surface area contributed by atoms with Gasteiger partial charge in [0.15, 0.2) is 0 Å². The van der Waals surface area contributed by atoms with Crippen LogP contribution in [-0.4, -0.2) is 0 Å². The van der Waals surface area contributed by atoms with E-state index in [2.05, 4.69) is 172 Å². The van der Waals surface area contributed by atoms with Crippen molar-refractivity contribution < 1.29 is 0 Å². The molecule has 254 valence electrons. The molecular formula is C50H49N. The molecule has 1 fully saturated rings. The Balaban J connectivity index is 1.20. The molecule has 6 aromatic carbocycles. The summed E-state index contributed by atoms with van der Waals surface area (Å²) in [6.07, 6.45) is 9.01. The molecule has 0 aromatic heterocycles. The Morgan fingerprint density at radius 1 is 0.373 bits per heavy atom. The van der Waals surface area contributed by atoms with Crippen molar-refractivity contribution in [3.63, 3.8) is 0 Å². The molecule has 0 spiro atoms. The third-order valence-corrected chi connectivity index (χ3v) is 12.9. The number of rotatable bonds is 5. The normalized spacial score (nSPS) is 17.7. The molecule has 0 heterocycles. The quantitative estimate of drug-likeness (QED) is 0.177. The fourth-order valence-electron chi connectivity index (χ4n) is 10.1. The average Bonchev–Trinajstić information content (AvgIpc) is 3.52. The highest BCUT2D eigenvalue weighted by molar-refractivity contribution is 5.89. The second kappa shape index (κ2) is 12.1. The zero-order valence-corrected chi connectivity index (χ0v) is 30.7. The molecule has 6 aromatic rings. The smallest absolute Gasteiger partial charge is 0.0468 e. The van der Waals surface area contributed by atoms with Crippen LogP contribution in [-0.2, 0) is 16.2 Å². The second-order valence-electron chi connectivity index (χ2n) is 16.4. The van der Waals surface area contributed by atoms with Crippen LogP contribution in [0.15, 0.2) is 140 Å². The van der Waals surface area contributed by atoms with Gasteiger partial charge in [-0.1, -0.05) is 163 Å². The Labute approximate surface area is 305 Å². The molecule has 1 nitrogen and oxygen atoms in total. The number of hydrogen-bond donors (Lipinski definition) is 0. The molecular weight excluding hydrogens is 615 g/mol. The van der Waals surface area contributed by atoms with E-state index in [0.717, 1.165) is 0 Å². The minimum Gasteiger partial charge on any atom is -0.310 e. The van der Waals surface area contributed by atoms with Gasteiger partial charge in [-0.15, -0.1) is 0 Å². The zero-order valence-electron chi connectivity index (χ0n) is 30.7. The number of anilines is 3. The monoisotopic (exact) mass is 663 g/mol. The molecule has 1 saturated carbocycles. The fourth-order valence-corrected chi connectivity index (χ4v) is 10.1. The lowest BCUT2D eigenvalue weighted by molar-refractivity contribution is 0.366. The predicted octanol–water partition coefficient (Wildman–Crippen LogP) is 13.8. The predicted molar refractivity (Wildman–Crippen MR) is 216 cm³/mol. The van der Waals surface area contributed by atoms with E-state index in [1.165, 1.54) is 118 Å². The van der Waals surface area contributed by atoms with E-state index in [1.54, 1.807) is 0 Å². The molecule has 0 atom stereocenters. The second-order valence-corrected chi connectivity index (χ2v) is 16.4. The van der Waals surface area contributed by atoms with Gasteiger partial charge in [0.2, 0.25) is 0 Å². The van der Waals surface area contributed by atoms with Gasteiger partial charge >= 0.3 is 0 Å². The molecule has 0 bridgehead atoms. The van der Waals surface area contributed by atoms with E-state index < -0.39 is 0 Å². The summed E-state index contributed by atoms with van der Waals surface area (Å²) in [7, 11) is 0. The van der Waals surface area contributed by atoms with Crippen molar-refractivity contribution >= 4 is 17.1 Å². The SMILES string of the molecule is CC1(C)c2ccccc2-c2cc(N(c3ccc(C4(c5ccccc5)CCCCCCC4)cc3)c3ccc4c(c3)C(C)(C)c3ccccc3-4)ccc21. The van der Waals surface area contributed by atoms with Crippen molar-refractivity contribution in [1.82, 2.24) is 0 Å². The number of nitrogens with zero attached hydrogens (tertiary/aromatic N) is 1. The van der Waals surface area contributed by atoms with Crippen LogP contribution in [0.2, 0.25) is 0 Å². The molecule has 9 rings (SSSR count). The van der Waals surface area contributed by atoms with Crippen molar-refractivity contribution in [2.75, 3.05) is 4.90 Å². The summed E-state index contributed by atoms with van der Waals surface area (Å²) >= 11 is 0. The first-order valence-corrected chi connectivity index (χ1v) is 19.2. The van der Waals surface area contributed by atoms with E-state index in [0.29, 0.717) is 0 Å². The lowest BCUT2D eigenvalue weighted by Crippen LogP contribution is -2.29. The van der Waals surface area contributed by atoms with Crippen LogP contribution in [0.3, 0.4) is 0 Å². The van der Waals surface area contributed by atoms with Crippen molar-refractivity contribution in [2.45, 2.75) is 88.9 Å². The molecule has 0 amide bonds. The molecule has 0 aliphatic heterocycles. The van der Waals surface area contributed by atoms with Crippen LogP contribution in [0.5, 0.6) is 0 Å². The fraction of sp³-hybridized carbons (Fsp3) is 0.280. The average molecular weight is 664 g/mol. The highest BCUT2D eigenvalue weighted by atomic mass is 15.1. The van der Waals surface area contributed by atoms with Crippen LogP contribution in [0.4, 0.5) is 17.1 Å². The van der Waals surface area contributed by atoms with Crippen molar-refractivity contribution in [3.05, 3.63) is 173 Å². The van der Waals surface area contributed by atoms with E-state index in [1.807, 2.05) is 0 Å². The van der Waals surface area contributed by atoms with Crippen LogP contribution in [0, 0.1) is 0 Å². The Morgan fingerprint density at radius 2 is 0.843 bits per heavy atom. The number of fused-ring (bicyclic) bond motifs is 6. The van der Waals surface area contributed by atoms with E-state index in [9.17, 15) is 0 Å².